The van der Waals surface area contributed by atoms with Crippen molar-refractivity contribution in [2.75, 3.05) is 10.6 Å². The second-order valence-corrected chi connectivity index (χ2v) is 8.48. The van der Waals surface area contributed by atoms with Crippen LogP contribution in [0, 0.1) is 5.82 Å². The van der Waals surface area contributed by atoms with Crippen LogP contribution in [0.3, 0.4) is 0 Å². The van der Waals surface area contributed by atoms with Crippen molar-refractivity contribution in [1.29, 1.82) is 0 Å². The third-order valence-electron chi connectivity index (χ3n) is 6.05. The summed E-state index contributed by atoms with van der Waals surface area (Å²) in [5.74, 6) is 0.153. The molecule has 0 bridgehead atoms. The zero-order valence-electron chi connectivity index (χ0n) is 18.4. The van der Waals surface area contributed by atoms with Crippen molar-refractivity contribution in [3.63, 3.8) is 0 Å². The molecule has 0 atom stereocenters. The fraction of sp³-hybridized carbons (Fsp3) is 0.292. The molecule has 0 unspecified atom stereocenters. The number of halogens is 4. The van der Waals surface area contributed by atoms with Crippen LogP contribution >= 0.6 is 0 Å². The Morgan fingerprint density at radius 2 is 1.63 bits per heavy atom. The molecule has 0 saturated heterocycles. The summed E-state index contributed by atoms with van der Waals surface area (Å²) < 4.78 is 54.8. The lowest BCUT2D eigenvalue weighted by molar-refractivity contribution is -0.137. The van der Waals surface area contributed by atoms with Gasteiger partial charge >= 0.3 is 6.18 Å². The molecular formula is C24H22F4N6O. The van der Waals surface area contributed by atoms with E-state index in [1.54, 1.807) is 18.2 Å². The van der Waals surface area contributed by atoms with Crippen LogP contribution in [0.5, 0.6) is 0 Å². The summed E-state index contributed by atoms with van der Waals surface area (Å²) in [6, 6.07) is 10.8. The molecule has 2 aromatic heterocycles. The minimum atomic E-state index is -4.42. The molecule has 182 valence electrons. The highest BCUT2D eigenvalue weighted by atomic mass is 19.4. The number of fused-ring (bicyclic) bond motifs is 1. The van der Waals surface area contributed by atoms with E-state index >= 15 is 0 Å². The number of imidazole rings is 1. The molecule has 1 saturated carbocycles. The first kappa shape index (κ1) is 23.0. The lowest BCUT2D eigenvalue weighted by Gasteiger charge is -2.28. The van der Waals surface area contributed by atoms with Gasteiger partial charge in [0.2, 0.25) is 11.9 Å². The zero-order valence-corrected chi connectivity index (χ0v) is 18.4. The van der Waals surface area contributed by atoms with Crippen LogP contribution in [0.1, 0.15) is 37.3 Å². The van der Waals surface area contributed by atoms with Crippen LogP contribution < -0.4 is 10.6 Å². The molecule has 0 aliphatic heterocycles. The molecule has 4 aromatic rings. The maximum atomic E-state index is 14.3. The second kappa shape index (κ2) is 9.14. The van der Waals surface area contributed by atoms with Crippen LogP contribution in [0.4, 0.5) is 40.8 Å². The quantitative estimate of drug-likeness (QED) is 0.302. The maximum absolute atomic E-state index is 14.3. The Hall–Kier alpha value is -3.73. The van der Waals surface area contributed by atoms with Crippen molar-refractivity contribution >= 4 is 34.4 Å². The van der Waals surface area contributed by atoms with Gasteiger partial charge in [0.1, 0.15) is 11.3 Å². The number of anilines is 4. The Kier molecular flexibility index (Phi) is 6.01. The molecule has 2 aromatic carbocycles. The van der Waals surface area contributed by atoms with E-state index in [2.05, 4.69) is 25.6 Å². The molecule has 0 amide bonds. The summed E-state index contributed by atoms with van der Waals surface area (Å²) in [5.41, 5.74) is 0.883. The Balaban J connectivity index is 1.50. The predicted octanol–water partition coefficient (Wildman–Crippen LogP) is 5.95. The molecule has 11 heteroatoms. The molecule has 0 radical (unpaired) electrons. The highest BCUT2D eigenvalue weighted by Crippen LogP contribution is 2.35. The third kappa shape index (κ3) is 4.90. The van der Waals surface area contributed by atoms with Gasteiger partial charge in [0, 0.05) is 11.7 Å². The summed E-state index contributed by atoms with van der Waals surface area (Å²) in [6.07, 6.45) is -0.675. The van der Waals surface area contributed by atoms with Gasteiger partial charge < -0.3 is 15.7 Å². The second-order valence-electron chi connectivity index (χ2n) is 8.48. The Morgan fingerprint density at radius 3 is 2.31 bits per heavy atom. The molecule has 2 heterocycles. The molecule has 7 nitrogen and oxygen atoms in total. The number of rotatable bonds is 5. The van der Waals surface area contributed by atoms with E-state index in [0.717, 1.165) is 12.1 Å². The number of alkyl halides is 3. The molecule has 1 aliphatic carbocycles. The Labute approximate surface area is 197 Å². The average molecular weight is 486 g/mol. The smallest absolute Gasteiger partial charge is 0.393 e. The molecule has 1 aliphatic rings. The molecule has 1 fully saturated rings. The Bertz CT molecular complexity index is 1330. The van der Waals surface area contributed by atoms with Crippen LogP contribution in [0.15, 0.2) is 54.7 Å². The summed E-state index contributed by atoms with van der Waals surface area (Å²) in [7, 11) is 0. The van der Waals surface area contributed by atoms with Crippen molar-refractivity contribution < 1.29 is 22.7 Å². The number of para-hydroxylation sites is 1. The lowest BCUT2D eigenvalue weighted by atomic mass is 9.93. The van der Waals surface area contributed by atoms with Gasteiger partial charge in [-0.1, -0.05) is 12.1 Å². The first-order valence-corrected chi connectivity index (χ1v) is 11.2. The summed E-state index contributed by atoms with van der Waals surface area (Å²) in [4.78, 5) is 13.4. The van der Waals surface area contributed by atoms with Gasteiger partial charge in [-0.25, -0.2) is 14.4 Å². The minimum Gasteiger partial charge on any atom is -0.393 e. The zero-order chi connectivity index (χ0) is 24.6. The largest absolute Gasteiger partial charge is 0.416 e. The maximum Gasteiger partial charge on any atom is 0.416 e. The van der Waals surface area contributed by atoms with Gasteiger partial charge in [-0.05, 0) is 62.1 Å². The van der Waals surface area contributed by atoms with Crippen molar-refractivity contribution in [3.05, 3.63) is 66.1 Å². The van der Waals surface area contributed by atoms with Gasteiger partial charge in [-0.2, -0.15) is 18.2 Å². The number of nitrogens with zero attached hydrogens (tertiary/aromatic N) is 4. The van der Waals surface area contributed by atoms with Crippen LogP contribution in [0.25, 0.3) is 11.2 Å². The molecule has 3 N–H and O–H groups in total. The number of aliphatic hydroxyl groups is 1. The molecule has 0 spiro atoms. The highest BCUT2D eigenvalue weighted by Gasteiger charge is 2.30. The van der Waals surface area contributed by atoms with E-state index in [4.69, 9.17) is 0 Å². The van der Waals surface area contributed by atoms with E-state index < -0.39 is 17.6 Å². The number of hydrogen-bond donors (Lipinski definition) is 3. The van der Waals surface area contributed by atoms with Gasteiger partial charge in [-0.15, -0.1) is 0 Å². The summed E-state index contributed by atoms with van der Waals surface area (Å²) >= 11 is 0. The van der Waals surface area contributed by atoms with Crippen molar-refractivity contribution in [2.45, 2.75) is 44.0 Å². The lowest BCUT2D eigenvalue weighted by Crippen LogP contribution is -2.22. The number of aromatic nitrogens is 4. The van der Waals surface area contributed by atoms with Crippen LogP contribution in [-0.2, 0) is 6.18 Å². The van der Waals surface area contributed by atoms with Crippen LogP contribution in [-0.4, -0.2) is 30.7 Å². The van der Waals surface area contributed by atoms with E-state index in [-0.39, 0.29) is 23.8 Å². The minimum absolute atomic E-state index is 0.0357. The third-order valence-corrected chi connectivity index (χ3v) is 6.05. The van der Waals surface area contributed by atoms with Gasteiger partial charge in [0.25, 0.3) is 0 Å². The van der Waals surface area contributed by atoms with Gasteiger partial charge in [0.15, 0.2) is 5.65 Å². The fourth-order valence-electron chi connectivity index (χ4n) is 4.26. The standard InChI is InChI=1S/C24H22F4N6O/c25-18-3-1-2-4-19(18)31-23-32-20-13-29-22(30-15-7-5-14(6-8-15)24(26,27)28)33-21(20)34(23)16-9-11-17(35)12-10-16/h1-8,13,16-17,35H,9-12H2,(H,31,32)(H,29,30,33). The Morgan fingerprint density at radius 1 is 0.914 bits per heavy atom. The first-order chi connectivity index (χ1) is 16.8. The summed E-state index contributed by atoms with van der Waals surface area (Å²) in [6.45, 7) is 0. The van der Waals surface area contributed by atoms with Gasteiger partial charge in [0.05, 0.1) is 23.6 Å². The number of hydrogen-bond acceptors (Lipinski definition) is 6. The van der Waals surface area contributed by atoms with Crippen molar-refractivity contribution in [2.24, 2.45) is 0 Å². The highest BCUT2D eigenvalue weighted by molar-refractivity contribution is 5.77. The normalized spacial score (nSPS) is 18.5. The molecule has 5 rings (SSSR count). The fourth-order valence-corrected chi connectivity index (χ4v) is 4.26. The predicted molar refractivity (Wildman–Crippen MR) is 123 cm³/mol. The number of aliphatic hydroxyl groups excluding tert-OH is 1. The van der Waals surface area contributed by atoms with E-state index in [1.807, 2.05) is 4.57 Å². The average Bonchev–Trinajstić information content (AvgIpc) is 3.18. The SMILES string of the molecule is OC1CCC(n2c(Nc3ccccc3F)nc3cnc(Nc4ccc(C(F)(F)F)cc4)nc32)CC1. The topological polar surface area (TPSA) is 87.9 Å². The first-order valence-electron chi connectivity index (χ1n) is 11.2. The molecular weight excluding hydrogens is 464 g/mol. The number of benzene rings is 2. The van der Waals surface area contributed by atoms with Crippen molar-refractivity contribution in [3.8, 4) is 0 Å². The van der Waals surface area contributed by atoms with E-state index in [0.29, 0.717) is 48.5 Å². The van der Waals surface area contributed by atoms with E-state index in [1.165, 1.54) is 24.4 Å². The number of nitrogens with one attached hydrogen (secondary N) is 2. The summed E-state index contributed by atoms with van der Waals surface area (Å²) in [5, 5.41) is 15.9. The van der Waals surface area contributed by atoms with E-state index in [9.17, 15) is 22.7 Å². The van der Waals surface area contributed by atoms with Gasteiger partial charge in [-0.3, -0.25) is 4.57 Å². The monoisotopic (exact) mass is 486 g/mol. The van der Waals surface area contributed by atoms with Crippen LogP contribution in [0.2, 0.25) is 0 Å². The molecule has 35 heavy (non-hydrogen) atoms. The van der Waals surface area contributed by atoms with Crippen molar-refractivity contribution in [1.82, 2.24) is 19.5 Å².